The Balaban J connectivity index is 1.16. The number of nitrogens with one attached hydrogen (secondary N) is 3. The van der Waals surface area contributed by atoms with Crippen molar-refractivity contribution in [2.45, 2.75) is 38.4 Å². The summed E-state index contributed by atoms with van der Waals surface area (Å²) in [6.07, 6.45) is 5.55. The lowest BCUT2D eigenvalue weighted by molar-refractivity contribution is 0.199. The number of amides is 2. The van der Waals surface area contributed by atoms with E-state index in [1.54, 1.807) is 18.3 Å². The second-order valence-electron chi connectivity index (χ2n) is 9.90. The molecule has 2 fully saturated rings. The van der Waals surface area contributed by atoms with Crippen LogP contribution in [0.15, 0.2) is 54.9 Å². The van der Waals surface area contributed by atoms with Gasteiger partial charge in [0.1, 0.15) is 5.75 Å². The molecule has 8 nitrogen and oxygen atoms in total. The van der Waals surface area contributed by atoms with Gasteiger partial charge in [0, 0.05) is 68.5 Å². The molecule has 0 spiro atoms. The van der Waals surface area contributed by atoms with Gasteiger partial charge in [0.25, 0.3) is 0 Å². The molecule has 3 aromatic heterocycles. The highest BCUT2D eigenvalue weighted by atomic mass is 32.1. The van der Waals surface area contributed by atoms with Gasteiger partial charge in [-0.15, -0.1) is 11.3 Å². The third-order valence-corrected chi connectivity index (χ3v) is 7.80. The first-order valence-electron chi connectivity index (χ1n) is 12.8. The van der Waals surface area contributed by atoms with Crippen molar-refractivity contribution in [3.8, 4) is 22.1 Å². The first-order chi connectivity index (χ1) is 18.5. The molecule has 1 aliphatic heterocycles. The number of benzene rings is 1. The Kier molecular flexibility index (Phi) is 6.92. The minimum absolute atomic E-state index is 0.0744. The van der Waals surface area contributed by atoms with E-state index in [1.165, 1.54) is 29.0 Å². The monoisotopic (exact) mass is 532 g/mol. The van der Waals surface area contributed by atoms with Crippen LogP contribution in [0.4, 0.5) is 14.9 Å². The molecule has 1 atom stereocenters. The first-order valence-corrected chi connectivity index (χ1v) is 13.7. The van der Waals surface area contributed by atoms with Gasteiger partial charge in [-0.05, 0) is 49.6 Å². The van der Waals surface area contributed by atoms with E-state index < -0.39 is 5.82 Å². The second kappa shape index (κ2) is 10.6. The Morgan fingerprint density at radius 2 is 2.08 bits per heavy atom. The number of carbonyl (C=O) groups excluding carboxylic acids is 1. The maximum absolute atomic E-state index is 14.8. The standard InChI is InChI=1S/C28H29FN6O2S/c1-17-15-35(11-10-30-17)16-18-2-6-22(32-14-18)26-13-23-27(38-26)25(8-9-31-23)37-24-7-5-20(12-21(24)29)34-28(36)33-19-3-4-19/h2,5-9,12-14,17,19,30H,3-4,10-11,15-16H2,1H3,(H2,33,34,36)/t17-/m0/s1. The number of hydrogen-bond acceptors (Lipinski definition) is 7. The summed E-state index contributed by atoms with van der Waals surface area (Å²) in [5, 5.41) is 8.95. The van der Waals surface area contributed by atoms with Gasteiger partial charge in [0.2, 0.25) is 0 Å². The van der Waals surface area contributed by atoms with Crippen LogP contribution in [0.2, 0.25) is 0 Å². The number of anilines is 1. The van der Waals surface area contributed by atoms with E-state index in [2.05, 4.69) is 38.8 Å². The molecule has 1 saturated heterocycles. The van der Waals surface area contributed by atoms with Crippen molar-refractivity contribution in [2.24, 2.45) is 0 Å². The molecule has 0 unspecified atom stereocenters. The van der Waals surface area contributed by atoms with Crippen LogP contribution in [-0.2, 0) is 6.54 Å². The van der Waals surface area contributed by atoms with E-state index in [0.29, 0.717) is 17.5 Å². The van der Waals surface area contributed by atoms with Gasteiger partial charge in [-0.2, -0.15) is 0 Å². The van der Waals surface area contributed by atoms with E-state index in [0.717, 1.165) is 59.8 Å². The molecule has 1 aliphatic carbocycles. The van der Waals surface area contributed by atoms with Gasteiger partial charge in [0.05, 0.1) is 20.8 Å². The summed E-state index contributed by atoms with van der Waals surface area (Å²) in [6.45, 7) is 6.16. The van der Waals surface area contributed by atoms with Gasteiger partial charge in [0.15, 0.2) is 11.6 Å². The number of hydrogen-bond donors (Lipinski definition) is 3. The van der Waals surface area contributed by atoms with Gasteiger partial charge in [-0.25, -0.2) is 9.18 Å². The number of ether oxygens (including phenoxy) is 1. The molecule has 6 rings (SSSR count). The number of halogens is 1. The normalized spacial score (nSPS) is 17.9. The lowest BCUT2D eigenvalue weighted by Crippen LogP contribution is -2.48. The SMILES string of the molecule is C[C@H]1CN(Cc2ccc(-c3cc4nccc(Oc5ccc(NC(=O)NC6CC6)cc5F)c4s3)nc2)CCN1. The van der Waals surface area contributed by atoms with Crippen LogP contribution in [0.5, 0.6) is 11.5 Å². The van der Waals surface area contributed by atoms with E-state index in [4.69, 9.17) is 9.72 Å². The average Bonchev–Trinajstić information content (AvgIpc) is 3.60. The van der Waals surface area contributed by atoms with Crippen LogP contribution < -0.4 is 20.7 Å². The fraction of sp³-hybridized carbons (Fsp3) is 0.321. The summed E-state index contributed by atoms with van der Waals surface area (Å²) in [5.74, 6) is 0.0270. The molecule has 3 N–H and O–H groups in total. The first kappa shape index (κ1) is 24.7. The molecule has 2 aliphatic rings. The minimum atomic E-state index is -0.563. The predicted octanol–water partition coefficient (Wildman–Crippen LogP) is 5.37. The van der Waals surface area contributed by atoms with Crippen molar-refractivity contribution >= 4 is 33.3 Å². The van der Waals surface area contributed by atoms with Crippen LogP contribution in [0.3, 0.4) is 0 Å². The highest BCUT2D eigenvalue weighted by Gasteiger charge is 2.23. The number of piperazine rings is 1. The lowest BCUT2D eigenvalue weighted by atomic mass is 10.2. The van der Waals surface area contributed by atoms with Gasteiger partial charge >= 0.3 is 6.03 Å². The molecular weight excluding hydrogens is 503 g/mol. The number of rotatable bonds is 7. The van der Waals surface area contributed by atoms with Gasteiger partial charge in [-0.3, -0.25) is 14.9 Å². The summed E-state index contributed by atoms with van der Waals surface area (Å²) in [6, 6.07) is 12.7. The Hall–Kier alpha value is -3.60. The number of aromatic nitrogens is 2. The minimum Gasteiger partial charge on any atom is -0.453 e. The van der Waals surface area contributed by atoms with Crippen molar-refractivity contribution in [1.29, 1.82) is 0 Å². The van der Waals surface area contributed by atoms with Crippen molar-refractivity contribution in [3.05, 3.63) is 66.2 Å². The molecule has 0 bridgehead atoms. The lowest BCUT2D eigenvalue weighted by Gasteiger charge is -2.31. The van der Waals surface area contributed by atoms with Crippen LogP contribution in [-0.4, -0.2) is 52.6 Å². The fourth-order valence-corrected chi connectivity index (χ4v) is 5.60. The summed E-state index contributed by atoms with van der Waals surface area (Å²) in [5.41, 5.74) is 3.18. The molecule has 2 amide bonds. The highest BCUT2D eigenvalue weighted by molar-refractivity contribution is 7.22. The van der Waals surface area contributed by atoms with Crippen LogP contribution in [0, 0.1) is 5.82 Å². The Morgan fingerprint density at radius 1 is 1.18 bits per heavy atom. The average molecular weight is 533 g/mol. The summed E-state index contributed by atoms with van der Waals surface area (Å²) in [4.78, 5) is 24.5. The summed E-state index contributed by atoms with van der Waals surface area (Å²) >= 11 is 1.51. The molecule has 4 aromatic rings. The zero-order chi connectivity index (χ0) is 26.1. The zero-order valence-electron chi connectivity index (χ0n) is 21.0. The van der Waals surface area contributed by atoms with Crippen LogP contribution in [0.25, 0.3) is 20.8 Å². The molecule has 196 valence electrons. The van der Waals surface area contributed by atoms with E-state index in [-0.39, 0.29) is 17.8 Å². The highest BCUT2D eigenvalue weighted by Crippen LogP contribution is 2.39. The number of pyridine rings is 2. The third-order valence-electron chi connectivity index (χ3n) is 6.63. The van der Waals surface area contributed by atoms with Crippen molar-refractivity contribution < 1.29 is 13.9 Å². The number of carbonyl (C=O) groups is 1. The molecule has 10 heteroatoms. The molecule has 1 aromatic carbocycles. The Labute approximate surface area is 224 Å². The quantitative estimate of drug-likeness (QED) is 0.297. The van der Waals surface area contributed by atoms with Crippen LogP contribution in [0.1, 0.15) is 25.3 Å². The van der Waals surface area contributed by atoms with Crippen molar-refractivity contribution in [3.63, 3.8) is 0 Å². The maximum atomic E-state index is 14.8. The maximum Gasteiger partial charge on any atom is 0.319 e. The number of nitrogens with zero attached hydrogens (tertiary/aromatic N) is 3. The Bertz CT molecular complexity index is 1460. The van der Waals surface area contributed by atoms with Crippen LogP contribution >= 0.6 is 11.3 Å². The molecule has 1 saturated carbocycles. The zero-order valence-corrected chi connectivity index (χ0v) is 21.9. The molecule has 0 radical (unpaired) electrons. The number of urea groups is 1. The molecular formula is C28H29FN6O2S. The van der Waals surface area contributed by atoms with E-state index in [1.807, 2.05) is 18.3 Å². The number of thiophene rings is 1. The molecule has 38 heavy (non-hydrogen) atoms. The second-order valence-corrected chi connectivity index (χ2v) is 10.9. The van der Waals surface area contributed by atoms with Gasteiger partial charge in [-0.1, -0.05) is 6.07 Å². The smallest absolute Gasteiger partial charge is 0.319 e. The predicted molar refractivity (Wildman–Crippen MR) is 147 cm³/mol. The largest absolute Gasteiger partial charge is 0.453 e. The van der Waals surface area contributed by atoms with Crippen molar-refractivity contribution in [1.82, 2.24) is 25.5 Å². The fourth-order valence-electron chi connectivity index (χ4n) is 4.56. The van der Waals surface area contributed by atoms with E-state index >= 15 is 0 Å². The van der Waals surface area contributed by atoms with E-state index in [9.17, 15) is 9.18 Å². The summed E-state index contributed by atoms with van der Waals surface area (Å²) < 4.78 is 21.6. The summed E-state index contributed by atoms with van der Waals surface area (Å²) in [7, 11) is 0. The number of fused-ring (bicyclic) bond motifs is 1. The van der Waals surface area contributed by atoms with Crippen molar-refractivity contribution in [2.75, 3.05) is 25.0 Å². The Morgan fingerprint density at radius 3 is 2.84 bits per heavy atom. The molecule has 4 heterocycles. The van der Waals surface area contributed by atoms with Gasteiger partial charge < -0.3 is 20.7 Å². The topological polar surface area (TPSA) is 91.4 Å². The third kappa shape index (κ3) is 5.77.